The van der Waals surface area contributed by atoms with Crippen LogP contribution in [-0.4, -0.2) is 34.7 Å². The smallest absolute Gasteiger partial charge is 0.362 e. The Morgan fingerprint density at radius 2 is 1.20 bits per heavy atom. The third-order valence-corrected chi connectivity index (χ3v) is 8.87. The summed E-state index contributed by atoms with van der Waals surface area (Å²) < 4.78 is 22.3. The number of unbranched alkanes of at least 4 members (excludes halogenated alkanes) is 1. The number of hydrogen-bond donors (Lipinski definition) is 2. The van der Waals surface area contributed by atoms with Crippen LogP contribution in [0.2, 0.25) is 0 Å². The predicted molar refractivity (Wildman–Crippen MR) is 141 cm³/mol. The van der Waals surface area contributed by atoms with Crippen LogP contribution in [0, 0.1) is 32.5 Å². The van der Waals surface area contributed by atoms with Crippen molar-refractivity contribution >= 4 is 19.5 Å². The molecule has 8 heteroatoms. The summed E-state index contributed by atoms with van der Waals surface area (Å²) in [6, 6.07) is 0. The third kappa shape index (κ3) is 8.57. The fraction of sp³-hybridized carbons (Fsp3) is 0.926. The highest BCUT2D eigenvalue weighted by molar-refractivity contribution is 7.51. The lowest BCUT2D eigenvalue weighted by Gasteiger charge is -2.56. The van der Waals surface area contributed by atoms with Crippen molar-refractivity contribution in [1.82, 2.24) is 0 Å². The Morgan fingerprint density at radius 3 is 1.57 bits per heavy atom. The highest BCUT2D eigenvalue weighted by Crippen LogP contribution is 2.61. The summed E-state index contributed by atoms with van der Waals surface area (Å²) in [5, 5.41) is 0. The summed E-state index contributed by atoms with van der Waals surface area (Å²) in [6.07, 6.45) is 1.72. The van der Waals surface area contributed by atoms with E-state index < -0.39 is 47.0 Å². The van der Waals surface area contributed by atoms with Crippen molar-refractivity contribution in [1.29, 1.82) is 0 Å². The Kier molecular flexibility index (Phi) is 10.9. The van der Waals surface area contributed by atoms with Crippen LogP contribution >= 0.6 is 7.60 Å². The highest BCUT2D eigenvalue weighted by atomic mass is 31.2. The zero-order valence-electron chi connectivity index (χ0n) is 24.6. The van der Waals surface area contributed by atoms with Gasteiger partial charge in [0.25, 0.3) is 0 Å². The summed E-state index contributed by atoms with van der Waals surface area (Å²) in [4.78, 5) is 45.4. The third-order valence-electron chi connectivity index (χ3n) is 8.40. The summed E-state index contributed by atoms with van der Waals surface area (Å²) in [7, 11) is -4.51. The maximum atomic E-state index is 13.6. The second-order valence-corrected chi connectivity index (χ2v) is 15.6. The number of carbonyl (C=O) groups excluding carboxylic acids is 2. The molecule has 0 aromatic rings. The van der Waals surface area contributed by atoms with Gasteiger partial charge in [-0.1, -0.05) is 82.6 Å². The molecule has 0 radical (unpaired) electrons. The Morgan fingerprint density at radius 1 is 0.743 bits per heavy atom. The molecule has 0 aliphatic heterocycles. The van der Waals surface area contributed by atoms with Crippen molar-refractivity contribution in [3.05, 3.63) is 0 Å². The van der Waals surface area contributed by atoms with E-state index in [-0.39, 0.29) is 11.4 Å². The molecule has 0 amide bonds. The lowest BCUT2D eigenvalue weighted by Crippen LogP contribution is -2.55. The van der Waals surface area contributed by atoms with Gasteiger partial charge in [0.15, 0.2) is 6.35 Å². The maximum absolute atomic E-state index is 13.6. The molecule has 0 rings (SSSR count). The van der Waals surface area contributed by atoms with Gasteiger partial charge in [0.2, 0.25) is 0 Å². The van der Waals surface area contributed by atoms with Crippen molar-refractivity contribution in [2.45, 2.75) is 116 Å². The summed E-state index contributed by atoms with van der Waals surface area (Å²) in [6.45, 7) is 26.5. The first kappa shape index (κ1) is 34.1. The molecular formula is C27H53O7P. The number of rotatable bonds is 12. The molecule has 0 aromatic carbocycles. The number of esters is 2. The van der Waals surface area contributed by atoms with Gasteiger partial charge in [-0.05, 0) is 54.8 Å². The zero-order valence-corrected chi connectivity index (χ0v) is 25.5. The largest absolute Gasteiger partial charge is 0.465 e. The number of hydrogen-bond acceptors (Lipinski definition) is 5. The van der Waals surface area contributed by atoms with Crippen molar-refractivity contribution in [3.63, 3.8) is 0 Å². The van der Waals surface area contributed by atoms with Crippen molar-refractivity contribution in [2.24, 2.45) is 32.5 Å². The van der Waals surface area contributed by atoms with Gasteiger partial charge < -0.3 is 19.3 Å². The normalized spacial score (nSPS) is 17.3. The van der Waals surface area contributed by atoms with E-state index in [0.29, 0.717) is 19.4 Å². The topological polar surface area (TPSA) is 110 Å². The molecule has 208 valence electrons. The zero-order chi connectivity index (χ0) is 28.3. The summed E-state index contributed by atoms with van der Waals surface area (Å²) >= 11 is 0. The average molecular weight is 521 g/mol. The average Bonchev–Trinajstić information content (AvgIpc) is 2.62. The van der Waals surface area contributed by atoms with Gasteiger partial charge in [-0.15, -0.1) is 0 Å². The van der Waals surface area contributed by atoms with Crippen molar-refractivity contribution in [3.8, 4) is 0 Å². The van der Waals surface area contributed by atoms with Crippen molar-refractivity contribution in [2.75, 3.05) is 13.0 Å². The molecule has 0 aromatic heterocycles. The lowest BCUT2D eigenvalue weighted by molar-refractivity contribution is -0.181. The molecular weight excluding hydrogens is 467 g/mol. The van der Waals surface area contributed by atoms with Gasteiger partial charge in [0.05, 0.1) is 17.4 Å². The molecule has 0 aliphatic carbocycles. The van der Waals surface area contributed by atoms with Gasteiger partial charge in [0.1, 0.15) is 0 Å². The van der Waals surface area contributed by atoms with Crippen LogP contribution < -0.4 is 0 Å². The highest BCUT2D eigenvalue weighted by Gasteiger charge is 2.60. The SMILES string of the molecule is CCCCOC(=O)C(C)(CC(C)(C)C)C(C)(C)C(C)(C)CC(C)(C(=O)OCP(=O)(O)O)C(C)(C)C. The Labute approximate surface area is 214 Å². The van der Waals surface area contributed by atoms with Crippen LogP contribution in [0.3, 0.4) is 0 Å². The Balaban J connectivity index is 6.50. The van der Waals surface area contributed by atoms with E-state index in [0.717, 1.165) is 12.8 Å². The molecule has 0 bridgehead atoms. The van der Waals surface area contributed by atoms with Gasteiger partial charge in [-0.25, -0.2) is 0 Å². The quantitative estimate of drug-likeness (QED) is 0.163. The fourth-order valence-corrected chi connectivity index (χ4v) is 5.16. The van der Waals surface area contributed by atoms with E-state index in [1.807, 2.05) is 48.5 Å². The molecule has 35 heavy (non-hydrogen) atoms. The van der Waals surface area contributed by atoms with Gasteiger partial charge in [0, 0.05) is 0 Å². The van der Waals surface area contributed by atoms with E-state index in [1.165, 1.54) is 0 Å². The van der Waals surface area contributed by atoms with Gasteiger partial charge >= 0.3 is 19.5 Å². The van der Waals surface area contributed by atoms with Crippen LogP contribution in [0.4, 0.5) is 0 Å². The van der Waals surface area contributed by atoms with Crippen LogP contribution in [0.15, 0.2) is 0 Å². The number of ether oxygens (including phenoxy) is 2. The first-order valence-electron chi connectivity index (χ1n) is 12.7. The minimum Gasteiger partial charge on any atom is -0.465 e. The minimum absolute atomic E-state index is 0.151. The standard InChI is InChI=1S/C27H53O7P/c1-14-15-16-33-21(29)27(13,17-22(2,3)4)25(10,11)24(8,9)18-26(12,23(5,6)7)20(28)34-19-35(30,31)32/h14-19H2,1-13H3,(H2,30,31,32). The first-order valence-corrected chi connectivity index (χ1v) is 14.5. The molecule has 0 spiro atoms. The second kappa shape index (κ2) is 11.2. The molecule has 0 heterocycles. The van der Waals surface area contributed by atoms with Crippen LogP contribution in [0.1, 0.15) is 116 Å². The molecule has 0 fully saturated rings. The lowest BCUT2D eigenvalue weighted by atomic mass is 9.47. The molecule has 7 nitrogen and oxygen atoms in total. The minimum atomic E-state index is -4.51. The Hall–Kier alpha value is -0.910. The molecule has 2 N–H and O–H groups in total. The second-order valence-electron chi connectivity index (χ2n) is 14.1. The first-order chi connectivity index (χ1) is 15.3. The maximum Gasteiger partial charge on any atom is 0.362 e. The molecule has 2 unspecified atom stereocenters. The van der Waals surface area contributed by atoms with E-state index in [4.69, 9.17) is 9.47 Å². The molecule has 0 saturated carbocycles. The monoisotopic (exact) mass is 520 g/mol. The van der Waals surface area contributed by atoms with E-state index in [9.17, 15) is 23.9 Å². The van der Waals surface area contributed by atoms with Crippen LogP contribution in [0.5, 0.6) is 0 Å². The molecule has 0 saturated heterocycles. The fourth-order valence-electron chi connectivity index (χ4n) is 4.87. The molecule has 0 aliphatic rings. The van der Waals surface area contributed by atoms with Crippen LogP contribution in [0.25, 0.3) is 0 Å². The van der Waals surface area contributed by atoms with Crippen LogP contribution in [-0.2, 0) is 23.6 Å². The van der Waals surface area contributed by atoms with E-state index >= 15 is 0 Å². The van der Waals surface area contributed by atoms with E-state index in [2.05, 4.69) is 34.6 Å². The van der Waals surface area contributed by atoms with Gasteiger partial charge in [-0.3, -0.25) is 14.2 Å². The van der Waals surface area contributed by atoms with Crippen molar-refractivity contribution < 1.29 is 33.4 Å². The summed E-state index contributed by atoms with van der Waals surface area (Å²) in [5.74, 6) is -0.888. The van der Waals surface area contributed by atoms with Gasteiger partial charge in [-0.2, -0.15) is 0 Å². The molecule has 2 atom stereocenters. The number of carbonyl (C=O) groups is 2. The summed E-state index contributed by atoms with van der Waals surface area (Å²) in [5.41, 5.74) is -3.84. The predicted octanol–water partition coefficient (Wildman–Crippen LogP) is 6.95. The Bertz CT molecular complexity index is 782. The van der Waals surface area contributed by atoms with E-state index in [1.54, 1.807) is 6.92 Å².